The SMILES string of the molecule is COc1ccc(OC)c(NC(=O)C2CC(=O)N(Cc3ccc4c(c3)OCO4)C2)c1. The monoisotopic (exact) mass is 398 g/mol. The molecule has 2 amide bonds. The molecule has 1 saturated heterocycles. The van der Waals surface area contributed by atoms with E-state index in [4.69, 9.17) is 18.9 Å². The summed E-state index contributed by atoms with van der Waals surface area (Å²) in [6.07, 6.45) is 0.169. The van der Waals surface area contributed by atoms with Crippen molar-refractivity contribution in [3.8, 4) is 23.0 Å². The van der Waals surface area contributed by atoms with Crippen LogP contribution in [-0.2, 0) is 16.1 Å². The minimum atomic E-state index is -0.438. The van der Waals surface area contributed by atoms with Crippen molar-refractivity contribution in [3.63, 3.8) is 0 Å². The predicted octanol–water partition coefficient (Wildman–Crippen LogP) is 2.42. The highest BCUT2D eigenvalue weighted by Crippen LogP contribution is 2.34. The maximum absolute atomic E-state index is 12.8. The Kier molecular flexibility index (Phi) is 5.16. The van der Waals surface area contributed by atoms with Crippen LogP contribution in [0.15, 0.2) is 36.4 Å². The number of hydrogen-bond acceptors (Lipinski definition) is 6. The van der Waals surface area contributed by atoms with E-state index >= 15 is 0 Å². The minimum absolute atomic E-state index is 0.0552. The Bertz CT molecular complexity index is 945. The highest BCUT2D eigenvalue weighted by Gasteiger charge is 2.34. The lowest BCUT2D eigenvalue weighted by Gasteiger charge is -2.17. The van der Waals surface area contributed by atoms with Gasteiger partial charge < -0.3 is 29.2 Å². The van der Waals surface area contributed by atoms with E-state index in [2.05, 4.69) is 5.32 Å². The summed E-state index contributed by atoms with van der Waals surface area (Å²) in [5, 5.41) is 2.86. The Morgan fingerprint density at radius 2 is 1.97 bits per heavy atom. The average Bonchev–Trinajstić information content (AvgIpc) is 3.34. The molecule has 2 aliphatic rings. The molecule has 29 heavy (non-hydrogen) atoms. The second kappa shape index (κ2) is 7.90. The highest BCUT2D eigenvalue weighted by molar-refractivity contribution is 5.98. The topological polar surface area (TPSA) is 86.3 Å². The third-order valence-corrected chi connectivity index (χ3v) is 5.06. The molecule has 0 bridgehead atoms. The van der Waals surface area contributed by atoms with Gasteiger partial charge in [0.2, 0.25) is 18.6 Å². The van der Waals surface area contributed by atoms with Crippen LogP contribution in [0.4, 0.5) is 5.69 Å². The highest BCUT2D eigenvalue weighted by atomic mass is 16.7. The zero-order chi connectivity index (χ0) is 20.4. The summed E-state index contributed by atoms with van der Waals surface area (Å²) >= 11 is 0. The van der Waals surface area contributed by atoms with Gasteiger partial charge in [-0.25, -0.2) is 0 Å². The Hall–Kier alpha value is -3.42. The van der Waals surface area contributed by atoms with Gasteiger partial charge in [-0.2, -0.15) is 0 Å². The lowest BCUT2D eigenvalue weighted by atomic mass is 10.1. The average molecular weight is 398 g/mol. The lowest BCUT2D eigenvalue weighted by Crippen LogP contribution is -2.28. The van der Waals surface area contributed by atoms with Crippen molar-refractivity contribution in [1.29, 1.82) is 0 Å². The molecule has 8 heteroatoms. The quantitative estimate of drug-likeness (QED) is 0.804. The molecule has 4 rings (SSSR count). The van der Waals surface area contributed by atoms with E-state index in [0.717, 1.165) is 5.56 Å². The smallest absolute Gasteiger partial charge is 0.231 e. The molecule has 152 valence electrons. The number of methoxy groups -OCH3 is 2. The summed E-state index contributed by atoms with van der Waals surface area (Å²) in [6, 6.07) is 10.8. The van der Waals surface area contributed by atoms with Gasteiger partial charge >= 0.3 is 0 Å². The Labute approximate surface area is 168 Å². The molecule has 2 aromatic rings. The third-order valence-electron chi connectivity index (χ3n) is 5.06. The molecule has 2 heterocycles. The van der Waals surface area contributed by atoms with E-state index in [1.807, 2.05) is 18.2 Å². The Balaban J connectivity index is 1.42. The number of rotatable bonds is 6. The number of likely N-dealkylation sites (tertiary alicyclic amines) is 1. The first kappa shape index (κ1) is 18.9. The maximum Gasteiger partial charge on any atom is 0.231 e. The van der Waals surface area contributed by atoms with Gasteiger partial charge in [0.05, 0.1) is 25.8 Å². The van der Waals surface area contributed by atoms with Gasteiger partial charge in [0.15, 0.2) is 11.5 Å². The minimum Gasteiger partial charge on any atom is -0.497 e. The van der Waals surface area contributed by atoms with Gasteiger partial charge in [-0.3, -0.25) is 9.59 Å². The standard InChI is InChI=1S/C21H22N2O6/c1-26-15-4-6-17(27-2)16(9-15)22-21(25)14-8-20(24)23(11-14)10-13-3-5-18-19(7-13)29-12-28-18/h3-7,9,14H,8,10-12H2,1-2H3,(H,22,25). The fourth-order valence-corrected chi connectivity index (χ4v) is 3.51. The van der Waals surface area contributed by atoms with Crippen LogP contribution in [0.2, 0.25) is 0 Å². The van der Waals surface area contributed by atoms with Crippen LogP contribution in [0.3, 0.4) is 0 Å². The predicted molar refractivity (Wildman–Crippen MR) is 104 cm³/mol. The number of hydrogen-bond donors (Lipinski definition) is 1. The number of carbonyl (C=O) groups excluding carboxylic acids is 2. The largest absolute Gasteiger partial charge is 0.497 e. The van der Waals surface area contributed by atoms with Gasteiger partial charge in [0.25, 0.3) is 0 Å². The number of benzene rings is 2. The Morgan fingerprint density at radius 1 is 1.14 bits per heavy atom. The normalized spacial score (nSPS) is 17.4. The van der Waals surface area contributed by atoms with Crippen LogP contribution in [0.5, 0.6) is 23.0 Å². The molecule has 2 aliphatic heterocycles. The van der Waals surface area contributed by atoms with Gasteiger partial charge in [0, 0.05) is 25.6 Å². The zero-order valence-electron chi connectivity index (χ0n) is 16.3. The number of amides is 2. The number of anilines is 1. The molecule has 8 nitrogen and oxygen atoms in total. The summed E-state index contributed by atoms with van der Waals surface area (Å²) in [4.78, 5) is 26.9. The second-order valence-corrected chi connectivity index (χ2v) is 6.92. The summed E-state index contributed by atoms with van der Waals surface area (Å²) in [5.41, 5.74) is 1.44. The second-order valence-electron chi connectivity index (χ2n) is 6.92. The van der Waals surface area contributed by atoms with Crippen LogP contribution in [0.25, 0.3) is 0 Å². The van der Waals surface area contributed by atoms with Gasteiger partial charge in [-0.05, 0) is 29.8 Å². The molecule has 1 atom stereocenters. The third kappa shape index (κ3) is 3.91. The molecule has 1 unspecified atom stereocenters. The van der Waals surface area contributed by atoms with E-state index in [9.17, 15) is 9.59 Å². The fourth-order valence-electron chi connectivity index (χ4n) is 3.51. The molecule has 1 N–H and O–H groups in total. The van der Waals surface area contributed by atoms with E-state index in [1.165, 1.54) is 7.11 Å². The molecule has 0 spiro atoms. The van der Waals surface area contributed by atoms with Crippen molar-refractivity contribution in [1.82, 2.24) is 4.90 Å². The van der Waals surface area contributed by atoms with Crippen LogP contribution in [0, 0.1) is 5.92 Å². The molecule has 2 aromatic carbocycles. The van der Waals surface area contributed by atoms with Crippen molar-refractivity contribution in [2.45, 2.75) is 13.0 Å². The van der Waals surface area contributed by atoms with Crippen molar-refractivity contribution >= 4 is 17.5 Å². The van der Waals surface area contributed by atoms with Crippen LogP contribution in [-0.4, -0.2) is 44.3 Å². The van der Waals surface area contributed by atoms with Crippen LogP contribution < -0.4 is 24.3 Å². The van der Waals surface area contributed by atoms with E-state index < -0.39 is 5.92 Å². The first-order chi connectivity index (χ1) is 14.1. The Morgan fingerprint density at radius 3 is 2.76 bits per heavy atom. The number of ether oxygens (including phenoxy) is 4. The number of carbonyl (C=O) groups is 2. The van der Waals surface area contributed by atoms with Crippen molar-refractivity contribution in [2.24, 2.45) is 5.92 Å². The van der Waals surface area contributed by atoms with E-state index in [-0.39, 0.29) is 25.0 Å². The summed E-state index contributed by atoms with van der Waals surface area (Å²) in [5.74, 6) is 1.79. The molecule has 0 aromatic heterocycles. The first-order valence-corrected chi connectivity index (χ1v) is 9.26. The molecular formula is C21H22N2O6. The van der Waals surface area contributed by atoms with Crippen molar-refractivity contribution < 1.29 is 28.5 Å². The molecular weight excluding hydrogens is 376 g/mol. The van der Waals surface area contributed by atoms with Gasteiger partial charge in [0.1, 0.15) is 11.5 Å². The summed E-state index contributed by atoms with van der Waals surface area (Å²) in [7, 11) is 3.08. The molecule has 0 saturated carbocycles. The van der Waals surface area contributed by atoms with Gasteiger partial charge in [-0.15, -0.1) is 0 Å². The number of fused-ring (bicyclic) bond motifs is 1. The summed E-state index contributed by atoms with van der Waals surface area (Å²) < 4.78 is 21.2. The number of nitrogens with one attached hydrogen (secondary N) is 1. The van der Waals surface area contributed by atoms with E-state index in [1.54, 1.807) is 30.2 Å². The molecule has 0 aliphatic carbocycles. The first-order valence-electron chi connectivity index (χ1n) is 9.26. The zero-order valence-corrected chi connectivity index (χ0v) is 16.3. The van der Waals surface area contributed by atoms with Crippen LogP contribution >= 0.6 is 0 Å². The fraction of sp³-hybridized carbons (Fsp3) is 0.333. The molecule has 0 radical (unpaired) electrons. The number of nitrogens with zero attached hydrogens (tertiary/aromatic N) is 1. The van der Waals surface area contributed by atoms with Gasteiger partial charge in [-0.1, -0.05) is 6.07 Å². The lowest BCUT2D eigenvalue weighted by molar-refractivity contribution is -0.128. The summed E-state index contributed by atoms with van der Waals surface area (Å²) in [6.45, 7) is 0.977. The van der Waals surface area contributed by atoms with Crippen molar-refractivity contribution in [2.75, 3.05) is 32.9 Å². The van der Waals surface area contributed by atoms with Crippen molar-refractivity contribution in [3.05, 3.63) is 42.0 Å². The maximum atomic E-state index is 12.8. The van der Waals surface area contributed by atoms with E-state index in [0.29, 0.717) is 41.8 Å². The van der Waals surface area contributed by atoms with Crippen LogP contribution in [0.1, 0.15) is 12.0 Å². The molecule has 1 fully saturated rings.